The van der Waals surface area contributed by atoms with Gasteiger partial charge in [-0.1, -0.05) is 12.1 Å². The second-order valence-corrected chi connectivity index (χ2v) is 10.1. The van der Waals surface area contributed by atoms with Crippen molar-refractivity contribution in [3.63, 3.8) is 0 Å². The van der Waals surface area contributed by atoms with Crippen molar-refractivity contribution in [3.05, 3.63) is 54.0 Å². The summed E-state index contributed by atoms with van der Waals surface area (Å²) in [4.78, 5) is 5.95. The van der Waals surface area contributed by atoms with Crippen LogP contribution in [-0.2, 0) is 4.74 Å². The Kier molecular flexibility index (Phi) is 6.74. The van der Waals surface area contributed by atoms with E-state index in [4.69, 9.17) is 15.2 Å². The Morgan fingerprint density at radius 3 is 2.63 bits per heavy atom. The lowest BCUT2D eigenvalue weighted by Gasteiger charge is -2.31. The molecular formula is C26H28F4N6O2. The van der Waals surface area contributed by atoms with Crippen molar-refractivity contribution in [2.75, 3.05) is 26.8 Å². The summed E-state index contributed by atoms with van der Waals surface area (Å²) in [7, 11) is 1.53. The smallest absolute Gasteiger partial charge is 0.408 e. The van der Waals surface area contributed by atoms with Gasteiger partial charge >= 0.3 is 6.18 Å². The highest BCUT2D eigenvalue weighted by Gasteiger charge is 2.48. The van der Waals surface area contributed by atoms with Crippen molar-refractivity contribution in [1.29, 1.82) is 0 Å². The summed E-state index contributed by atoms with van der Waals surface area (Å²) in [5, 5.41) is 8.82. The van der Waals surface area contributed by atoms with Gasteiger partial charge in [0.1, 0.15) is 18.3 Å². The van der Waals surface area contributed by atoms with Gasteiger partial charge in [0.05, 0.1) is 11.6 Å². The van der Waals surface area contributed by atoms with Crippen molar-refractivity contribution in [2.45, 2.75) is 44.1 Å². The van der Waals surface area contributed by atoms with Gasteiger partial charge in [-0.2, -0.15) is 13.2 Å². The van der Waals surface area contributed by atoms with E-state index in [2.05, 4.69) is 15.2 Å². The van der Waals surface area contributed by atoms with Gasteiger partial charge in [-0.05, 0) is 44.0 Å². The number of methoxy groups -OCH3 is 1. The Balaban J connectivity index is 1.53. The summed E-state index contributed by atoms with van der Waals surface area (Å²) in [6.07, 6.45) is -2.88. The largest absolute Gasteiger partial charge is 0.488 e. The summed E-state index contributed by atoms with van der Waals surface area (Å²) < 4.78 is 69.5. The number of aromatic nitrogens is 4. The van der Waals surface area contributed by atoms with E-state index in [-0.39, 0.29) is 42.9 Å². The van der Waals surface area contributed by atoms with Gasteiger partial charge in [-0.15, -0.1) is 10.2 Å². The number of alkyl halides is 3. The summed E-state index contributed by atoms with van der Waals surface area (Å²) in [5.74, 6) is -0.263. The van der Waals surface area contributed by atoms with Crippen LogP contribution >= 0.6 is 0 Å². The molecule has 0 saturated carbocycles. The minimum atomic E-state index is -4.51. The van der Waals surface area contributed by atoms with Crippen molar-refractivity contribution in [1.82, 2.24) is 24.5 Å². The summed E-state index contributed by atoms with van der Waals surface area (Å²) >= 11 is 0. The molecule has 0 unspecified atom stereocenters. The van der Waals surface area contributed by atoms with Crippen LogP contribution in [0.3, 0.4) is 0 Å². The standard InChI is InChI=1S/C26H28F4N6O2/c1-15(37-3)13-38-21-11-20-16(10-18(21)27)4-6-19(32-20)24-34-33-22-7-5-17(12-36(22)24)23(26(28,29)30)35-9-8-25(2,31)14-35/h4-7,10-12,15,23H,8-9,13-14,31H2,1-3H3/t15-,23+,25+/m1/s1. The number of nitrogens with two attached hydrogens (primary N) is 1. The first-order valence-corrected chi connectivity index (χ1v) is 12.2. The summed E-state index contributed by atoms with van der Waals surface area (Å²) in [6, 6.07) is 7.17. The Morgan fingerprint density at radius 1 is 1.16 bits per heavy atom. The van der Waals surface area contributed by atoms with Crippen LogP contribution in [0.5, 0.6) is 5.75 Å². The lowest BCUT2D eigenvalue weighted by atomic mass is 10.0. The fourth-order valence-electron chi connectivity index (χ4n) is 4.73. The second-order valence-electron chi connectivity index (χ2n) is 10.1. The van der Waals surface area contributed by atoms with Crippen LogP contribution in [-0.4, -0.2) is 69.1 Å². The molecule has 2 N–H and O–H groups in total. The van der Waals surface area contributed by atoms with Gasteiger partial charge in [0.2, 0.25) is 0 Å². The molecular weight excluding hydrogens is 504 g/mol. The van der Waals surface area contributed by atoms with E-state index in [1.54, 1.807) is 26.0 Å². The van der Waals surface area contributed by atoms with E-state index in [1.165, 1.54) is 46.9 Å². The zero-order valence-corrected chi connectivity index (χ0v) is 21.2. The average Bonchev–Trinajstić information content (AvgIpc) is 3.43. The topological polar surface area (TPSA) is 90.8 Å². The van der Waals surface area contributed by atoms with Crippen molar-refractivity contribution >= 4 is 16.6 Å². The molecule has 1 fully saturated rings. The predicted molar refractivity (Wildman–Crippen MR) is 133 cm³/mol. The van der Waals surface area contributed by atoms with E-state index in [0.717, 1.165) is 0 Å². The van der Waals surface area contributed by atoms with E-state index in [1.807, 2.05) is 0 Å². The van der Waals surface area contributed by atoms with Crippen molar-refractivity contribution in [3.8, 4) is 17.3 Å². The highest BCUT2D eigenvalue weighted by molar-refractivity contribution is 5.82. The Bertz CT molecular complexity index is 1470. The van der Waals surface area contributed by atoms with Gasteiger partial charge in [-0.25, -0.2) is 9.37 Å². The van der Waals surface area contributed by atoms with Gasteiger partial charge in [0.15, 0.2) is 23.0 Å². The number of hydrogen-bond donors (Lipinski definition) is 1. The molecule has 0 bridgehead atoms. The summed E-state index contributed by atoms with van der Waals surface area (Å²) in [5.41, 5.74) is 6.66. The molecule has 38 heavy (non-hydrogen) atoms. The minimum absolute atomic E-state index is 0.0185. The second kappa shape index (κ2) is 9.75. The quantitative estimate of drug-likeness (QED) is 0.350. The molecule has 1 aliphatic heterocycles. The van der Waals surface area contributed by atoms with Crippen molar-refractivity contribution in [2.24, 2.45) is 5.73 Å². The van der Waals surface area contributed by atoms with Gasteiger partial charge in [0, 0.05) is 43.4 Å². The predicted octanol–water partition coefficient (Wildman–Crippen LogP) is 4.52. The number of likely N-dealkylation sites (tertiary alicyclic amines) is 1. The van der Waals surface area contributed by atoms with E-state index < -0.39 is 23.6 Å². The molecule has 3 aromatic heterocycles. The third-order valence-electron chi connectivity index (χ3n) is 6.80. The molecule has 0 amide bonds. The lowest BCUT2D eigenvalue weighted by Crippen LogP contribution is -2.43. The van der Waals surface area contributed by atoms with Gasteiger partial charge in [-0.3, -0.25) is 9.30 Å². The first-order valence-electron chi connectivity index (χ1n) is 12.2. The van der Waals surface area contributed by atoms with Crippen LogP contribution in [0.4, 0.5) is 17.6 Å². The molecule has 4 aromatic rings. The number of ether oxygens (including phenoxy) is 2. The first-order chi connectivity index (χ1) is 17.9. The Morgan fingerprint density at radius 2 is 1.95 bits per heavy atom. The fourth-order valence-corrected chi connectivity index (χ4v) is 4.73. The highest BCUT2D eigenvalue weighted by atomic mass is 19.4. The third kappa shape index (κ3) is 5.16. The molecule has 0 spiro atoms. The minimum Gasteiger partial charge on any atom is -0.488 e. The van der Waals surface area contributed by atoms with Crippen LogP contribution in [0.1, 0.15) is 31.9 Å². The number of nitrogens with zero attached hydrogens (tertiary/aromatic N) is 5. The molecule has 1 aliphatic rings. The SMILES string of the molecule is CO[C@H](C)COc1cc2nc(-c3nnc4ccc([C@H](N5CC[C@](C)(N)C5)C(F)(F)F)cn34)ccc2cc1F. The maximum atomic E-state index is 14.5. The number of hydrogen-bond acceptors (Lipinski definition) is 7. The molecule has 0 aliphatic carbocycles. The maximum Gasteiger partial charge on any atom is 0.408 e. The van der Waals surface area contributed by atoms with Crippen molar-refractivity contribution < 1.29 is 27.0 Å². The maximum absolute atomic E-state index is 14.5. The van der Waals surface area contributed by atoms with Crippen LogP contribution in [0.25, 0.3) is 28.1 Å². The zero-order chi connectivity index (χ0) is 27.2. The molecule has 8 nitrogen and oxygen atoms in total. The lowest BCUT2D eigenvalue weighted by molar-refractivity contribution is -0.184. The average molecular weight is 533 g/mol. The Hall–Kier alpha value is -3.35. The Labute approximate surface area is 216 Å². The number of benzene rings is 1. The van der Waals surface area contributed by atoms with Crippen LogP contribution in [0.2, 0.25) is 0 Å². The molecule has 0 radical (unpaired) electrons. The number of halogens is 4. The van der Waals surface area contributed by atoms with Crippen LogP contribution in [0, 0.1) is 5.82 Å². The molecule has 1 aromatic carbocycles. The molecule has 1 saturated heterocycles. The summed E-state index contributed by atoms with van der Waals surface area (Å²) in [6.45, 7) is 4.06. The zero-order valence-electron chi connectivity index (χ0n) is 21.2. The van der Waals surface area contributed by atoms with E-state index in [0.29, 0.717) is 28.7 Å². The number of fused-ring (bicyclic) bond motifs is 2. The fraction of sp³-hybridized carbons (Fsp3) is 0.423. The third-order valence-corrected chi connectivity index (χ3v) is 6.80. The van der Waals surface area contributed by atoms with Crippen LogP contribution in [0.15, 0.2) is 42.6 Å². The van der Waals surface area contributed by atoms with Crippen LogP contribution < -0.4 is 10.5 Å². The molecule has 4 heterocycles. The highest BCUT2D eigenvalue weighted by Crippen LogP contribution is 2.41. The monoisotopic (exact) mass is 532 g/mol. The molecule has 12 heteroatoms. The van der Waals surface area contributed by atoms with E-state index >= 15 is 0 Å². The first kappa shape index (κ1) is 26.3. The van der Waals surface area contributed by atoms with Gasteiger partial charge < -0.3 is 15.2 Å². The number of rotatable bonds is 7. The number of pyridine rings is 2. The molecule has 3 atom stereocenters. The molecule has 5 rings (SSSR count). The normalized spacial score (nSPS) is 20.3. The van der Waals surface area contributed by atoms with Gasteiger partial charge in [0.25, 0.3) is 0 Å². The molecule has 202 valence electrons. The van der Waals surface area contributed by atoms with E-state index in [9.17, 15) is 17.6 Å².